The molecule has 1 aromatic carbocycles. The van der Waals surface area contributed by atoms with Gasteiger partial charge in [-0.15, -0.1) is 0 Å². The topological polar surface area (TPSA) is 101 Å². The van der Waals surface area contributed by atoms with Crippen LogP contribution in [0.5, 0.6) is 0 Å². The quantitative estimate of drug-likeness (QED) is 0.627. The van der Waals surface area contributed by atoms with Crippen molar-refractivity contribution in [2.75, 3.05) is 11.9 Å². The summed E-state index contributed by atoms with van der Waals surface area (Å²) >= 11 is 0. The first-order valence-corrected chi connectivity index (χ1v) is 8.50. The van der Waals surface area contributed by atoms with E-state index in [0.717, 1.165) is 5.56 Å². The monoisotopic (exact) mass is 355 g/mol. The average Bonchev–Trinajstić information content (AvgIpc) is 3.04. The lowest BCUT2D eigenvalue weighted by Gasteiger charge is -2.04. The molecule has 0 aliphatic rings. The van der Waals surface area contributed by atoms with Crippen molar-refractivity contribution in [2.24, 2.45) is 0 Å². The first kappa shape index (κ1) is 17.7. The van der Waals surface area contributed by atoms with Crippen LogP contribution in [0.4, 0.5) is 5.95 Å². The van der Waals surface area contributed by atoms with Crippen molar-refractivity contribution < 1.29 is 9.53 Å². The second-order valence-corrected chi connectivity index (χ2v) is 5.83. The predicted octanol–water partition coefficient (Wildman–Crippen LogP) is 1.83. The maximum Gasteiger partial charge on any atom is 0.306 e. The summed E-state index contributed by atoms with van der Waals surface area (Å²) in [7, 11) is 0. The molecule has 3 rings (SSSR count). The van der Waals surface area contributed by atoms with E-state index in [4.69, 9.17) is 4.74 Å². The number of fused-ring (bicyclic) bond motifs is 1. The molecule has 0 atom stereocenters. The van der Waals surface area contributed by atoms with Crippen molar-refractivity contribution in [3.63, 3.8) is 0 Å². The third-order valence-electron chi connectivity index (χ3n) is 3.98. The van der Waals surface area contributed by atoms with Crippen LogP contribution in [0.25, 0.3) is 5.78 Å². The Kier molecular flexibility index (Phi) is 5.31. The molecule has 0 spiro atoms. The highest BCUT2D eigenvalue weighted by molar-refractivity contribution is 5.69. The molecule has 0 saturated carbocycles. The zero-order valence-electron chi connectivity index (χ0n) is 14.8. The molecule has 0 fully saturated rings. The molecule has 0 bridgehead atoms. The van der Waals surface area contributed by atoms with E-state index in [9.17, 15) is 9.59 Å². The van der Waals surface area contributed by atoms with Gasteiger partial charge in [0.15, 0.2) is 0 Å². The number of carbonyl (C=O) groups excluding carboxylic acids is 1. The minimum Gasteiger partial charge on any atom is -0.466 e. The molecule has 2 aromatic heterocycles. The molecule has 136 valence electrons. The number of nitrogens with zero attached hydrogens (tertiary/aromatic N) is 3. The number of esters is 1. The number of aromatic amines is 1. The Bertz CT molecular complexity index is 962. The third kappa shape index (κ3) is 3.90. The van der Waals surface area contributed by atoms with Crippen molar-refractivity contribution in [3.8, 4) is 0 Å². The van der Waals surface area contributed by atoms with Gasteiger partial charge >= 0.3 is 5.97 Å². The first-order chi connectivity index (χ1) is 12.6. The van der Waals surface area contributed by atoms with Gasteiger partial charge in [0.2, 0.25) is 5.95 Å². The third-order valence-corrected chi connectivity index (χ3v) is 3.98. The lowest BCUT2D eigenvalue weighted by molar-refractivity contribution is -0.143. The van der Waals surface area contributed by atoms with Crippen LogP contribution in [0.15, 0.2) is 35.1 Å². The number of carbonyl (C=O) groups is 1. The largest absolute Gasteiger partial charge is 0.466 e. The van der Waals surface area contributed by atoms with Crippen molar-refractivity contribution in [1.29, 1.82) is 0 Å². The predicted molar refractivity (Wildman–Crippen MR) is 97.1 cm³/mol. The Balaban J connectivity index is 1.79. The Morgan fingerprint density at radius 2 is 2.04 bits per heavy atom. The minimum absolute atomic E-state index is 0.144. The van der Waals surface area contributed by atoms with Crippen molar-refractivity contribution in [1.82, 2.24) is 19.6 Å². The number of hydrogen-bond donors (Lipinski definition) is 2. The number of aryl methyl sites for hydroxylation is 1. The summed E-state index contributed by atoms with van der Waals surface area (Å²) < 4.78 is 6.20. The van der Waals surface area contributed by atoms with E-state index in [-0.39, 0.29) is 24.4 Å². The van der Waals surface area contributed by atoms with Crippen molar-refractivity contribution >= 4 is 17.7 Å². The smallest absolute Gasteiger partial charge is 0.306 e. The highest BCUT2D eigenvalue weighted by Crippen LogP contribution is 2.09. The summed E-state index contributed by atoms with van der Waals surface area (Å²) in [5, 5.41) is 6.06. The van der Waals surface area contributed by atoms with Crippen LogP contribution in [0.2, 0.25) is 0 Å². The van der Waals surface area contributed by atoms with Gasteiger partial charge in [-0.2, -0.15) is 9.50 Å². The van der Waals surface area contributed by atoms with E-state index in [2.05, 4.69) is 20.4 Å². The molecule has 0 aliphatic carbocycles. The highest BCUT2D eigenvalue weighted by atomic mass is 16.5. The van der Waals surface area contributed by atoms with Crippen LogP contribution in [-0.4, -0.2) is 32.2 Å². The van der Waals surface area contributed by atoms with Gasteiger partial charge in [0, 0.05) is 18.5 Å². The summed E-state index contributed by atoms with van der Waals surface area (Å²) in [6.45, 7) is 4.39. The zero-order valence-corrected chi connectivity index (χ0v) is 14.8. The Morgan fingerprint density at radius 3 is 2.77 bits per heavy atom. The maximum absolute atomic E-state index is 12.7. The highest BCUT2D eigenvalue weighted by Gasteiger charge is 2.14. The van der Waals surface area contributed by atoms with Gasteiger partial charge in [0.25, 0.3) is 11.3 Å². The SMILES string of the molecule is CCOC(=O)CCc1c(C)nc2nc(NCc3ccccc3)[nH]n2c1=O. The van der Waals surface area contributed by atoms with Gasteiger partial charge in [-0.1, -0.05) is 30.3 Å². The second kappa shape index (κ2) is 7.81. The van der Waals surface area contributed by atoms with Crippen LogP contribution < -0.4 is 10.9 Å². The van der Waals surface area contributed by atoms with Crippen LogP contribution in [0.3, 0.4) is 0 Å². The summed E-state index contributed by atoms with van der Waals surface area (Å²) in [6, 6.07) is 9.87. The average molecular weight is 355 g/mol. The fraction of sp³-hybridized carbons (Fsp3) is 0.333. The molecular weight excluding hydrogens is 334 g/mol. The second-order valence-electron chi connectivity index (χ2n) is 5.83. The Hall–Kier alpha value is -3.16. The van der Waals surface area contributed by atoms with E-state index in [1.165, 1.54) is 4.52 Å². The lowest BCUT2D eigenvalue weighted by atomic mass is 10.1. The molecule has 0 amide bonds. The first-order valence-electron chi connectivity index (χ1n) is 8.50. The molecule has 8 nitrogen and oxygen atoms in total. The molecule has 8 heteroatoms. The van der Waals surface area contributed by atoms with Gasteiger partial charge in [-0.05, 0) is 25.8 Å². The van der Waals surface area contributed by atoms with Gasteiger partial charge in [-0.3, -0.25) is 14.7 Å². The number of rotatable bonds is 7. The molecule has 3 aromatic rings. The van der Waals surface area contributed by atoms with Crippen LogP contribution in [0, 0.1) is 6.92 Å². The van der Waals surface area contributed by atoms with E-state index >= 15 is 0 Å². The van der Waals surface area contributed by atoms with E-state index in [1.807, 2.05) is 30.3 Å². The molecule has 2 N–H and O–H groups in total. The van der Waals surface area contributed by atoms with Crippen molar-refractivity contribution in [3.05, 3.63) is 57.5 Å². The van der Waals surface area contributed by atoms with Gasteiger partial charge in [0.1, 0.15) is 0 Å². The zero-order chi connectivity index (χ0) is 18.5. The number of hydrogen-bond acceptors (Lipinski definition) is 6. The van der Waals surface area contributed by atoms with Crippen LogP contribution >= 0.6 is 0 Å². The molecule has 2 heterocycles. The Morgan fingerprint density at radius 1 is 1.27 bits per heavy atom. The molecule has 0 unspecified atom stereocenters. The van der Waals surface area contributed by atoms with Gasteiger partial charge in [0.05, 0.1) is 12.3 Å². The number of benzene rings is 1. The van der Waals surface area contributed by atoms with Crippen LogP contribution in [-0.2, 0) is 22.5 Å². The summed E-state index contributed by atoms with van der Waals surface area (Å²) in [6.07, 6.45) is 0.427. The summed E-state index contributed by atoms with van der Waals surface area (Å²) in [5.41, 5.74) is 1.89. The van der Waals surface area contributed by atoms with Gasteiger partial charge < -0.3 is 10.1 Å². The van der Waals surface area contributed by atoms with E-state index < -0.39 is 0 Å². The number of nitrogens with one attached hydrogen (secondary N) is 2. The summed E-state index contributed by atoms with van der Waals surface area (Å²) in [5.74, 6) is 0.426. The number of H-pyrrole nitrogens is 1. The minimum atomic E-state index is -0.328. The number of ether oxygens (including phenoxy) is 1. The molecule has 0 saturated heterocycles. The van der Waals surface area contributed by atoms with E-state index in [1.54, 1.807) is 13.8 Å². The molecule has 0 aliphatic heterocycles. The van der Waals surface area contributed by atoms with Gasteiger partial charge in [-0.25, -0.2) is 4.98 Å². The number of anilines is 1. The fourth-order valence-electron chi connectivity index (χ4n) is 2.66. The fourth-order valence-corrected chi connectivity index (χ4v) is 2.66. The number of aromatic nitrogens is 4. The lowest BCUT2D eigenvalue weighted by Crippen LogP contribution is -2.23. The Labute approximate surface area is 150 Å². The summed E-state index contributed by atoms with van der Waals surface area (Å²) in [4.78, 5) is 32.9. The standard InChI is InChI=1S/C18H21N5O3/c1-3-26-15(24)10-9-14-12(2)20-18-21-17(22-23(18)16(14)25)19-11-13-7-5-4-6-8-13/h4-8H,3,9-11H2,1-2H3,(H2,19,20,21,22). The van der Waals surface area contributed by atoms with Crippen molar-refractivity contribution in [2.45, 2.75) is 33.2 Å². The molecule has 0 radical (unpaired) electrons. The maximum atomic E-state index is 12.7. The molecule has 26 heavy (non-hydrogen) atoms. The normalized spacial score (nSPS) is 10.8. The van der Waals surface area contributed by atoms with Crippen LogP contribution in [0.1, 0.15) is 30.2 Å². The van der Waals surface area contributed by atoms with E-state index in [0.29, 0.717) is 36.1 Å². The molecular formula is C18H21N5O3.